The number of hydrogen-bond donors (Lipinski definition) is 1. The van der Waals surface area contributed by atoms with E-state index in [1.165, 1.54) is 31.5 Å². The normalized spacial score (nSPS) is 32.2. The van der Waals surface area contributed by atoms with E-state index in [4.69, 9.17) is 4.74 Å². The molecule has 0 spiro atoms. The summed E-state index contributed by atoms with van der Waals surface area (Å²) < 4.78 is 5.55. The molecular formula is C12H22N2O. The van der Waals surface area contributed by atoms with Crippen LogP contribution in [0.25, 0.3) is 0 Å². The summed E-state index contributed by atoms with van der Waals surface area (Å²) >= 11 is 0. The summed E-state index contributed by atoms with van der Waals surface area (Å²) in [5.41, 5.74) is 0. The van der Waals surface area contributed by atoms with Gasteiger partial charge in [0.05, 0.1) is 11.9 Å². The summed E-state index contributed by atoms with van der Waals surface area (Å²) in [4.78, 5) is 4.57. The van der Waals surface area contributed by atoms with Crippen LogP contribution >= 0.6 is 0 Å². The Kier molecular flexibility index (Phi) is 4.01. The zero-order chi connectivity index (χ0) is 10.5. The second-order valence-electron chi connectivity index (χ2n) is 4.64. The van der Waals surface area contributed by atoms with E-state index >= 15 is 0 Å². The van der Waals surface area contributed by atoms with Crippen LogP contribution in [-0.2, 0) is 4.74 Å². The molecule has 15 heavy (non-hydrogen) atoms. The SMILES string of the molecule is CC1OCCC1CNC1=NCCCCC1. The molecule has 2 unspecified atom stereocenters. The van der Waals surface area contributed by atoms with Gasteiger partial charge in [-0.3, -0.25) is 4.99 Å². The first-order valence-electron chi connectivity index (χ1n) is 6.25. The maximum absolute atomic E-state index is 5.55. The van der Waals surface area contributed by atoms with E-state index in [-0.39, 0.29) is 0 Å². The number of nitrogens with zero attached hydrogens (tertiary/aromatic N) is 1. The zero-order valence-electron chi connectivity index (χ0n) is 9.67. The van der Waals surface area contributed by atoms with Crippen LogP contribution in [0, 0.1) is 5.92 Å². The molecule has 2 aliphatic heterocycles. The van der Waals surface area contributed by atoms with Gasteiger partial charge in [0.2, 0.25) is 0 Å². The summed E-state index contributed by atoms with van der Waals surface area (Å²) in [6.07, 6.45) is 6.64. The van der Waals surface area contributed by atoms with Crippen molar-refractivity contribution in [2.75, 3.05) is 19.7 Å². The van der Waals surface area contributed by atoms with Crippen molar-refractivity contribution in [1.29, 1.82) is 0 Å². The molecule has 3 nitrogen and oxygen atoms in total. The lowest BCUT2D eigenvalue weighted by Gasteiger charge is -2.16. The Bertz CT molecular complexity index is 228. The minimum atomic E-state index is 0.420. The van der Waals surface area contributed by atoms with Gasteiger partial charge in [0.15, 0.2) is 0 Å². The van der Waals surface area contributed by atoms with E-state index in [1.54, 1.807) is 0 Å². The standard InChI is InChI=1S/C12H22N2O/c1-10-11(6-8-15-10)9-14-12-5-3-2-4-7-13-12/h10-11H,2-9H2,1H3,(H,13,14). The van der Waals surface area contributed by atoms with E-state index in [0.29, 0.717) is 12.0 Å². The average Bonchev–Trinajstić information content (AvgIpc) is 2.53. The van der Waals surface area contributed by atoms with E-state index < -0.39 is 0 Å². The van der Waals surface area contributed by atoms with Crippen LogP contribution in [0.1, 0.15) is 39.0 Å². The third-order valence-corrected chi connectivity index (χ3v) is 3.48. The van der Waals surface area contributed by atoms with Crippen molar-refractivity contribution in [2.45, 2.75) is 45.1 Å². The highest BCUT2D eigenvalue weighted by molar-refractivity contribution is 5.82. The average molecular weight is 210 g/mol. The molecule has 0 amide bonds. The molecule has 2 rings (SSSR count). The molecule has 2 aliphatic rings. The summed E-state index contributed by atoms with van der Waals surface area (Å²) in [6.45, 7) is 5.16. The molecular weight excluding hydrogens is 188 g/mol. The molecule has 0 saturated carbocycles. The Morgan fingerprint density at radius 3 is 3.13 bits per heavy atom. The smallest absolute Gasteiger partial charge is 0.0963 e. The quantitative estimate of drug-likeness (QED) is 0.756. The molecule has 0 aromatic carbocycles. The topological polar surface area (TPSA) is 33.6 Å². The Labute approximate surface area is 92.3 Å². The molecule has 0 aromatic heterocycles. The molecule has 0 radical (unpaired) electrons. The Morgan fingerprint density at radius 1 is 1.40 bits per heavy atom. The second-order valence-corrected chi connectivity index (χ2v) is 4.64. The van der Waals surface area contributed by atoms with Gasteiger partial charge in [-0.2, -0.15) is 0 Å². The highest BCUT2D eigenvalue weighted by Crippen LogP contribution is 2.19. The fraction of sp³-hybridized carbons (Fsp3) is 0.917. The first-order chi connectivity index (χ1) is 7.36. The van der Waals surface area contributed by atoms with Crippen LogP contribution in [0.4, 0.5) is 0 Å². The molecule has 0 aromatic rings. The molecule has 1 fully saturated rings. The van der Waals surface area contributed by atoms with Gasteiger partial charge in [0, 0.05) is 32.0 Å². The van der Waals surface area contributed by atoms with Gasteiger partial charge in [0.1, 0.15) is 0 Å². The number of aliphatic imine (C=N–C) groups is 1. The molecule has 1 N–H and O–H groups in total. The van der Waals surface area contributed by atoms with Crippen molar-refractivity contribution in [3.63, 3.8) is 0 Å². The summed E-state index contributed by atoms with van der Waals surface area (Å²) in [5, 5.41) is 3.50. The Balaban J connectivity index is 1.74. The highest BCUT2D eigenvalue weighted by Gasteiger charge is 2.24. The second kappa shape index (κ2) is 5.50. The lowest BCUT2D eigenvalue weighted by atomic mass is 10.0. The van der Waals surface area contributed by atoms with Crippen molar-refractivity contribution >= 4 is 5.84 Å². The molecule has 0 bridgehead atoms. The minimum absolute atomic E-state index is 0.420. The minimum Gasteiger partial charge on any atom is -0.378 e. The van der Waals surface area contributed by atoms with Crippen molar-refractivity contribution < 1.29 is 4.74 Å². The molecule has 3 heteroatoms. The highest BCUT2D eigenvalue weighted by atomic mass is 16.5. The van der Waals surface area contributed by atoms with Gasteiger partial charge < -0.3 is 10.1 Å². The van der Waals surface area contributed by atoms with Gasteiger partial charge in [-0.15, -0.1) is 0 Å². The van der Waals surface area contributed by atoms with Gasteiger partial charge >= 0.3 is 0 Å². The van der Waals surface area contributed by atoms with E-state index in [2.05, 4.69) is 17.2 Å². The predicted molar refractivity (Wildman–Crippen MR) is 62.3 cm³/mol. The molecule has 86 valence electrons. The molecule has 2 atom stereocenters. The lowest BCUT2D eigenvalue weighted by molar-refractivity contribution is 0.106. The lowest BCUT2D eigenvalue weighted by Crippen LogP contribution is -2.31. The number of nitrogens with one attached hydrogen (secondary N) is 1. The maximum Gasteiger partial charge on any atom is 0.0963 e. The Hall–Kier alpha value is -0.570. The maximum atomic E-state index is 5.55. The largest absolute Gasteiger partial charge is 0.378 e. The van der Waals surface area contributed by atoms with Gasteiger partial charge in [0.25, 0.3) is 0 Å². The fourth-order valence-electron chi connectivity index (χ4n) is 2.31. The fourth-order valence-corrected chi connectivity index (χ4v) is 2.31. The van der Waals surface area contributed by atoms with Crippen LogP contribution in [0.2, 0.25) is 0 Å². The third kappa shape index (κ3) is 3.20. The van der Waals surface area contributed by atoms with Gasteiger partial charge in [-0.1, -0.05) is 6.42 Å². The summed E-state index contributed by atoms with van der Waals surface area (Å²) in [5.74, 6) is 1.91. The van der Waals surface area contributed by atoms with Crippen molar-refractivity contribution in [2.24, 2.45) is 10.9 Å². The Morgan fingerprint density at radius 2 is 2.33 bits per heavy atom. The summed E-state index contributed by atoms with van der Waals surface area (Å²) in [7, 11) is 0. The van der Waals surface area contributed by atoms with Crippen molar-refractivity contribution in [3.05, 3.63) is 0 Å². The van der Waals surface area contributed by atoms with Crippen molar-refractivity contribution in [1.82, 2.24) is 5.32 Å². The number of amidine groups is 1. The van der Waals surface area contributed by atoms with E-state index in [0.717, 1.165) is 26.1 Å². The monoisotopic (exact) mass is 210 g/mol. The van der Waals surface area contributed by atoms with Crippen LogP contribution < -0.4 is 5.32 Å². The van der Waals surface area contributed by atoms with Crippen LogP contribution in [0.5, 0.6) is 0 Å². The summed E-state index contributed by atoms with van der Waals surface area (Å²) in [6, 6.07) is 0. The zero-order valence-corrected chi connectivity index (χ0v) is 9.67. The molecule has 0 aliphatic carbocycles. The molecule has 1 saturated heterocycles. The number of rotatable bonds is 2. The van der Waals surface area contributed by atoms with Crippen molar-refractivity contribution in [3.8, 4) is 0 Å². The predicted octanol–water partition coefficient (Wildman–Crippen LogP) is 1.97. The first kappa shape index (κ1) is 10.9. The van der Waals surface area contributed by atoms with E-state index in [9.17, 15) is 0 Å². The first-order valence-corrected chi connectivity index (χ1v) is 6.25. The van der Waals surface area contributed by atoms with E-state index in [1.807, 2.05) is 0 Å². The molecule has 2 heterocycles. The van der Waals surface area contributed by atoms with Gasteiger partial charge in [-0.25, -0.2) is 0 Å². The number of ether oxygens (including phenoxy) is 1. The van der Waals surface area contributed by atoms with Crippen LogP contribution in [-0.4, -0.2) is 31.6 Å². The number of hydrogen-bond acceptors (Lipinski definition) is 3. The van der Waals surface area contributed by atoms with Crippen LogP contribution in [0.3, 0.4) is 0 Å². The van der Waals surface area contributed by atoms with Gasteiger partial charge in [-0.05, 0) is 26.2 Å². The third-order valence-electron chi connectivity index (χ3n) is 3.48. The van der Waals surface area contributed by atoms with Crippen LogP contribution in [0.15, 0.2) is 4.99 Å².